The van der Waals surface area contributed by atoms with Crippen LogP contribution in [0, 0.1) is 0 Å². The second-order valence-electron chi connectivity index (χ2n) is 11.4. The fourth-order valence-electron chi connectivity index (χ4n) is 7.15. The molecule has 1 aliphatic rings. The van der Waals surface area contributed by atoms with E-state index in [0.717, 1.165) is 71.7 Å². The molecule has 0 aliphatic heterocycles. The summed E-state index contributed by atoms with van der Waals surface area (Å²) in [6.07, 6.45) is 2.00. The molecule has 10 rings (SSSR count). The molecular weight excluding hydrogens is 538 g/mol. The number of fused-ring (bicyclic) bond motifs is 15. The highest BCUT2D eigenvalue weighted by Crippen LogP contribution is 2.47. The van der Waals surface area contributed by atoms with Gasteiger partial charge in [-0.15, -0.1) is 0 Å². The Morgan fingerprint density at radius 2 is 1.00 bits per heavy atom. The molecule has 0 spiro atoms. The fourth-order valence-corrected chi connectivity index (χ4v) is 7.15. The van der Waals surface area contributed by atoms with Gasteiger partial charge in [-0.3, -0.25) is 4.57 Å². The van der Waals surface area contributed by atoms with Gasteiger partial charge in [0.2, 0.25) is 5.95 Å². The van der Waals surface area contributed by atoms with E-state index in [0.29, 0.717) is 5.95 Å². The van der Waals surface area contributed by atoms with E-state index in [4.69, 9.17) is 14.4 Å². The van der Waals surface area contributed by atoms with Crippen molar-refractivity contribution in [1.82, 2.24) is 14.5 Å². The van der Waals surface area contributed by atoms with Gasteiger partial charge < -0.3 is 4.42 Å². The Kier molecular flexibility index (Phi) is 4.69. The summed E-state index contributed by atoms with van der Waals surface area (Å²) in [7, 11) is 0. The third-order valence-corrected chi connectivity index (χ3v) is 9.06. The number of furan rings is 1. The molecule has 0 saturated carbocycles. The Bertz CT molecular complexity index is 2620. The molecule has 4 nitrogen and oxygen atoms in total. The van der Waals surface area contributed by atoms with Gasteiger partial charge >= 0.3 is 0 Å². The Morgan fingerprint density at radius 1 is 0.455 bits per heavy atom. The fraction of sp³-hybridized carbons (Fsp3) is 0. The first-order valence-electron chi connectivity index (χ1n) is 14.8. The summed E-state index contributed by atoms with van der Waals surface area (Å²) in [5, 5.41) is 4.44. The summed E-state index contributed by atoms with van der Waals surface area (Å²) in [5.41, 5.74) is 12.6. The lowest BCUT2D eigenvalue weighted by Gasteiger charge is -2.22. The second-order valence-corrected chi connectivity index (χ2v) is 11.4. The molecule has 0 bridgehead atoms. The monoisotopic (exact) mass is 561 g/mol. The predicted molar refractivity (Wildman–Crippen MR) is 179 cm³/mol. The summed E-state index contributed by atoms with van der Waals surface area (Å²) in [5.74, 6) is 0.615. The molecule has 0 N–H and O–H groups in total. The summed E-state index contributed by atoms with van der Waals surface area (Å²) < 4.78 is 8.75. The maximum atomic E-state index is 6.57. The van der Waals surface area contributed by atoms with Crippen molar-refractivity contribution >= 4 is 43.7 Å². The normalized spacial score (nSPS) is 12.1. The number of nitrogens with zero attached hydrogens (tertiary/aromatic N) is 3. The van der Waals surface area contributed by atoms with E-state index in [2.05, 4.69) is 126 Å². The van der Waals surface area contributed by atoms with Crippen LogP contribution in [0.5, 0.6) is 0 Å². The van der Waals surface area contributed by atoms with Crippen LogP contribution < -0.4 is 0 Å². The van der Waals surface area contributed by atoms with Gasteiger partial charge in [-0.2, -0.15) is 0 Å². The van der Waals surface area contributed by atoms with Crippen molar-refractivity contribution in [3.05, 3.63) is 140 Å². The predicted octanol–water partition coefficient (Wildman–Crippen LogP) is 10.5. The van der Waals surface area contributed by atoms with Gasteiger partial charge in [0.1, 0.15) is 11.1 Å². The van der Waals surface area contributed by atoms with E-state index < -0.39 is 0 Å². The average Bonchev–Trinajstić information content (AvgIpc) is 3.64. The van der Waals surface area contributed by atoms with Crippen molar-refractivity contribution < 1.29 is 4.42 Å². The van der Waals surface area contributed by atoms with Gasteiger partial charge in [0.25, 0.3) is 0 Å². The first kappa shape index (κ1) is 23.6. The number of aromatic nitrogens is 3. The first-order valence-corrected chi connectivity index (χ1v) is 14.8. The van der Waals surface area contributed by atoms with Gasteiger partial charge in [0.05, 0.1) is 11.2 Å². The van der Waals surface area contributed by atoms with Gasteiger partial charge in [-0.25, -0.2) is 9.97 Å². The zero-order chi connectivity index (χ0) is 28.8. The number of hydrogen-bond acceptors (Lipinski definition) is 3. The Labute approximate surface area is 252 Å². The van der Waals surface area contributed by atoms with Crippen LogP contribution in [0.3, 0.4) is 0 Å². The van der Waals surface area contributed by atoms with Gasteiger partial charge in [-0.05, 0) is 46.0 Å². The molecule has 3 heterocycles. The zero-order valence-corrected chi connectivity index (χ0v) is 23.5. The standard InChI is InChI=1S/C40H23N3O/c1-2-12-25-24(11-1)26-13-3-4-15-28(26)34-23-41-40(42-37(34)31-18-6-5-14-27(25)31)43-35-19-9-7-16-29(35)32-21-22-33-30-17-8-10-20-36(30)44-39(33)38(32)43/h1-23H. The van der Waals surface area contributed by atoms with E-state index in [-0.39, 0.29) is 0 Å². The highest BCUT2D eigenvalue weighted by molar-refractivity contribution is 6.21. The number of para-hydroxylation sites is 2. The Balaban J connectivity index is 1.34. The minimum atomic E-state index is 0.615. The average molecular weight is 562 g/mol. The lowest BCUT2D eigenvalue weighted by atomic mass is 9.83. The van der Waals surface area contributed by atoms with E-state index in [9.17, 15) is 0 Å². The van der Waals surface area contributed by atoms with Crippen molar-refractivity contribution in [3.63, 3.8) is 0 Å². The molecule has 0 unspecified atom stereocenters. The molecule has 0 amide bonds. The summed E-state index contributed by atoms with van der Waals surface area (Å²) in [6, 6.07) is 46.9. The SMILES string of the molecule is c1ccc2c(c1)-c1ccccc1-c1cnc(-n3c4ccccc4c4ccc5c6ccccc6oc5c43)nc1-c1ccccc1-2. The molecular formula is C40H23N3O. The van der Waals surface area contributed by atoms with Crippen molar-refractivity contribution in [2.24, 2.45) is 0 Å². The van der Waals surface area contributed by atoms with Crippen LogP contribution in [-0.4, -0.2) is 14.5 Å². The van der Waals surface area contributed by atoms with Crippen LogP contribution in [0.25, 0.3) is 94.3 Å². The quantitative estimate of drug-likeness (QED) is 0.200. The summed E-state index contributed by atoms with van der Waals surface area (Å²) in [6.45, 7) is 0. The first-order chi connectivity index (χ1) is 21.8. The van der Waals surface area contributed by atoms with Crippen molar-refractivity contribution in [1.29, 1.82) is 0 Å². The van der Waals surface area contributed by atoms with Crippen LogP contribution in [0.1, 0.15) is 0 Å². The molecule has 0 atom stereocenters. The second kappa shape index (κ2) is 8.76. The highest BCUT2D eigenvalue weighted by Gasteiger charge is 2.25. The summed E-state index contributed by atoms with van der Waals surface area (Å²) in [4.78, 5) is 10.5. The molecule has 0 fully saturated rings. The van der Waals surface area contributed by atoms with Crippen molar-refractivity contribution in [2.45, 2.75) is 0 Å². The smallest absolute Gasteiger partial charge is 0.235 e. The Morgan fingerprint density at radius 3 is 1.73 bits per heavy atom. The zero-order valence-electron chi connectivity index (χ0n) is 23.5. The third-order valence-electron chi connectivity index (χ3n) is 9.06. The third kappa shape index (κ3) is 3.11. The van der Waals surface area contributed by atoms with E-state index >= 15 is 0 Å². The van der Waals surface area contributed by atoms with Crippen LogP contribution in [0.4, 0.5) is 0 Å². The van der Waals surface area contributed by atoms with Gasteiger partial charge in [0, 0.05) is 38.9 Å². The van der Waals surface area contributed by atoms with Crippen LogP contribution in [0.15, 0.2) is 144 Å². The number of hydrogen-bond donors (Lipinski definition) is 0. The minimum Gasteiger partial charge on any atom is -0.454 e. The number of benzene rings is 6. The number of rotatable bonds is 1. The van der Waals surface area contributed by atoms with Crippen molar-refractivity contribution in [3.8, 4) is 50.6 Å². The molecule has 1 aliphatic carbocycles. The summed E-state index contributed by atoms with van der Waals surface area (Å²) >= 11 is 0. The van der Waals surface area contributed by atoms with Gasteiger partial charge in [0.15, 0.2) is 5.58 Å². The lowest BCUT2D eigenvalue weighted by molar-refractivity contribution is 0.670. The molecule has 9 aromatic rings. The van der Waals surface area contributed by atoms with E-state index in [1.807, 2.05) is 18.3 Å². The maximum absolute atomic E-state index is 6.57. The molecule has 0 radical (unpaired) electrons. The van der Waals surface area contributed by atoms with Crippen LogP contribution >= 0.6 is 0 Å². The van der Waals surface area contributed by atoms with Crippen molar-refractivity contribution in [2.75, 3.05) is 0 Å². The van der Waals surface area contributed by atoms with Crippen LogP contribution in [0.2, 0.25) is 0 Å². The molecule has 4 heteroatoms. The molecule has 3 aromatic heterocycles. The molecule has 204 valence electrons. The van der Waals surface area contributed by atoms with Gasteiger partial charge in [-0.1, -0.05) is 115 Å². The largest absolute Gasteiger partial charge is 0.454 e. The minimum absolute atomic E-state index is 0.615. The molecule has 44 heavy (non-hydrogen) atoms. The highest BCUT2D eigenvalue weighted by atomic mass is 16.3. The van der Waals surface area contributed by atoms with E-state index in [1.165, 1.54) is 16.7 Å². The Hall–Kier alpha value is -6.00. The molecule has 6 aromatic carbocycles. The van der Waals surface area contributed by atoms with Crippen LogP contribution in [-0.2, 0) is 0 Å². The topological polar surface area (TPSA) is 43.9 Å². The lowest BCUT2D eigenvalue weighted by Crippen LogP contribution is -2.05. The molecule has 0 saturated heterocycles. The maximum Gasteiger partial charge on any atom is 0.235 e. The van der Waals surface area contributed by atoms with E-state index in [1.54, 1.807) is 0 Å².